The largest absolute Gasteiger partial charge is 0.573 e. The Bertz CT molecular complexity index is 545. The maximum atomic E-state index is 12.0. The molecule has 0 saturated carbocycles. The van der Waals surface area contributed by atoms with Gasteiger partial charge in [-0.2, -0.15) is 0 Å². The Kier molecular flexibility index (Phi) is 3.30. The molecule has 4 N–H and O–H groups in total. The molecule has 0 atom stereocenters. The Morgan fingerprint density at radius 1 is 1.35 bits per heavy atom. The standard InChI is InChI=1S/C6H5ClF3N3O3S/c7-17(14,15)5-4(16-6(8,9)10)2(11)1-3(12)13-5/h1H,(H4,11,12,13). The third kappa shape index (κ3) is 3.53. The number of anilines is 2. The molecule has 11 heteroatoms. The molecular weight excluding hydrogens is 287 g/mol. The quantitative estimate of drug-likeness (QED) is 0.789. The fraction of sp³-hybridized carbons (Fsp3) is 0.167. The molecule has 96 valence electrons. The highest BCUT2D eigenvalue weighted by molar-refractivity contribution is 8.13. The second kappa shape index (κ2) is 4.11. The third-order valence-corrected chi connectivity index (χ3v) is 2.62. The van der Waals surface area contributed by atoms with E-state index in [0.29, 0.717) is 0 Å². The minimum atomic E-state index is -5.14. The lowest BCUT2D eigenvalue weighted by molar-refractivity contribution is -0.275. The second-order valence-corrected chi connectivity index (χ2v) is 5.24. The summed E-state index contributed by atoms with van der Waals surface area (Å²) in [6.45, 7) is 0. The van der Waals surface area contributed by atoms with Gasteiger partial charge in [0.25, 0.3) is 9.05 Å². The van der Waals surface area contributed by atoms with Crippen molar-refractivity contribution in [2.45, 2.75) is 11.4 Å². The van der Waals surface area contributed by atoms with Gasteiger partial charge in [0.05, 0.1) is 5.69 Å². The monoisotopic (exact) mass is 291 g/mol. The molecule has 1 rings (SSSR count). The average molecular weight is 292 g/mol. The van der Waals surface area contributed by atoms with E-state index in [1.807, 2.05) is 0 Å². The highest BCUT2D eigenvalue weighted by Crippen LogP contribution is 2.36. The van der Waals surface area contributed by atoms with Crippen LogP contribution in [0.4, 0.5) is 24.7 Å². The Morgan fingerprint density at radius 3 is 2.29 bits per heavy atom. The molecule has 0 spiro atoms. The molecule has 1 aromatic rings. The lowest BCUT2D eigenvalue weighted by atomic mass is 10.4. The van der Waals surface area contributed by atoms with Gasteiger partial charge < -0.3 is 16.2 Å². The van der Waals surface area contributed by atoms with Gasteiger partial charge >= 0.3 is 6.36 Å². The van der Waals surface area contributed by atoms with Gasteiger partial charge in [-0.05, 0) is 0 Å². The molecule has 0 amide bonds. The average Bonchev–Trinajstić information content (AvgIpc) is 2.05. The summed E-state index contributed by atoms with van der Waals surface area (Å²) in [7, 11) is 0.313. The van der Waals surface area contributed by atoms with Crippen molar-refractivity contribution in [1.29, 1.82) is 0 Å². The minimum absolute atomic E-state index is 0.406. The summed E-state index contributed by atoms with van der Waals surface area (Å²) in [6.07, 6.45) is -5.14. The number of nitrogen functional groups attached to an aromatic ring is 2. The number of hydrogen-bond donors (Lipinski definition) is 2. The number of ether oxygens (including phenoxy) is 1. The van der Waals surface area contributed by atoms with Crippen LogP contribution in [0.15, 0.2) is 11.1 Å². The second-order valence-electron chi connectivity index (χ2n) is 2.76. The molecule has 0 saturated heterocycles. The summed E-state index contributed by atoms with van der Waals surface area (Å²) in [6, 6.07) is 0.812. The Labute approximate surface area is 97.7 Å². The molecule has 0 aromatic carbocycles. The zero-order valence-electron chi connectivity index (χ0n) is 7.82. The SMILES string of the molecule is Nc1cc(N)c(OC(F)(F)F)c(S(=O)(=O)Cl)n1. The van der Waals surface area contributed by atoms with Gasteiger partial charge in [0.1, 0.15) is 5.82 Å². The van der Waals surface area contributed by atoms with Crippen molar-refractivity contribution in [1.82, 2.24) is 4.98 Å². The van der Waals surface area contributed by atoms with Crippen LogP contribution in [-0.2, 0) is 9.05 Å². The molecule has 0 aliphatic carbocycles. The number of nitrogens with zero attached hydrogens (tertiary/aromatic N) is 1. The zero-order chi connectivity index (χ0) is 13.4. The lowest BCUT2D eigenvalue weighted by Crippen LogP contribution is -2.20. The van der Waals surface area contributed by atoms with Crippen molar-refractivity contribution in [2.75, 3.05) is 11.5 Å². The fourth-order valence-electron chi connectivity index (χ4n) is 0.932. The van der Waals surface area contributed by atoms with Crippen LogP contribution >= 0.6 is 10.7 Å². The first-order valence-corrected chi connectivity index (χ1v) is 6.08. The molecule has 0 fully saturated rings. The van der Waals surface area contributed by atoms with Crippen LogP contribution in [0.1, 0.15) is 0 Å². The molecular formula is C6H5ClF3N3O3S. The van der Waals surface area contributed by atoms with Crippen LogP contribution in [0.3, 0.4) is 0 Å². The van der Waals surface area contributed by atoms with Gasteiger partial charge in [-0.25, -0.2) is 13.4 Å². The van der Waals surface area contributed by atoms with E-state index in [1.54, 1.807) is 0 Å². The predicted molar refractivity (Wildman–Crippen MR) is 52.8 cm³/mol. The zero-order valence-corrected chi connectivity index (χ0v) is 9.40. The van der Waals surface area contributed by atoms with E-state index in [4.69, 9.17) is 22.1 Å². The smallest absolute Gasteiger partial charge is 0.400 e. The van der Waals surface area contributed by atoms with E-state index in [2.05, 4.69) is 9.72 Å². The van der Waals surface area contributed by atoms with Gasteiger partial charge in [-0.3, -0.25) is 0 Å². The summed E-state index contributed by atoms with van der Waals surface area (Å²) in [5, 5.41) is -1.19. The molecule has 0 aliphatic rings. The Morgan fingerprint density at radius 2 is 1.88 bits per heavy atom. The molecule has 1 aromatic heterocycles. The maximum absolute atomic E-state index is 12.0. The number of pyridine rings is 1. The number of nitrogens with two attached hydrogens (primary N) is 2. The molecule has 6 nitrogen and oxygen atoms in total. The number of aromatic nitrogens is 1. The van der Waals surface area contributed by atoms with E-state index < -0.39 is 37.7 Å². The van der Waals surface area contributed by atoms with E-state index in [0.717, 1.165) is 6.07 Å². The summed E-state index contributed by atoms with van der Waals surface area (Å²) >= 11 is 0. The highest BCUT2D eigenvalue weighted by Gasteiger charge is 2.36. The summed E-state index contributed by atoms with van der Waals surface area (Å²) < 4.78 is 61.5. The first-order valence-electron chi connectivity index (χ1n) is 3.77. The number of rotatable bonds is 2. The topological polar surface area (TPSA) is 108 Å². The van der Waals surface area contributed by atoms with Crippen LogP contribution < -0.4 is 16.2 Å². The van der Waals surface area contributed by atoms with Gasteiger partial charge in [0.2, 0.25) is 5.03 Å². The van der Waals surface area contributed by atoms with E-state index in [-0.39, 0.29) is 0 Å². The highest BCUT2D eigenvalue weighted by atomic mass is 35.7. The molecule has 1 heterocycles. The van der Waals surface area contributed by atoms with Crippen molar-refractivity contribution >= 4 is 31.2 Å². The lowest BCUT2D eigenvalue weighted by Gasteiger charge is -2.13. The summed E-state index contributed by atoms with van der Waals surface area (Å²) in [4.78, 5) is 3.14. The van der Waals surface area contributed by atoms with Crippen LogP contribution in [0.2, 0.25) is 0 Å². The molecule has 0 bridgehead atoms. The number of halogens is 4. The maximum Gasteiger partial charge on any atom is 0.573 e. The number of alkyl halides is 3. The van der Waals surface area contributed by atoms with Crippen molar-refractivity contribution in [3.8, 4) is 5.75 Å². The van der Waals surface area contributed by atoms with Crippen LogP contribution in [0.5, 0.6) is 5.75 Å². The molecule has 0 unspecified atom stereocenters. The van der Waals surface area contributed by atoms with Crippen molar-refractivity contribution < 1.29 is 26.3 Å². The van der Waals surface area contributed by atoms with Gasteiger partial charge in [-0.15, -0.1) is 13.2 Å². The molecule has 0 aliphatic heterocycles. The first kappa shape index (κ1) is 13.6. The summed E-state index contributed by atoms with van der Waals surface area (Å²) in [5.74, 6) is -1.61. The predicted octanol–water partition coefficient (Wildman–Crippen LogP) is 1.07. The number of hydrogen-bond acceptors (Lipinski definition) is 6. The van der Waals surface area contributed by atoms with Gasteiger partial charge in [0, 0.05) is 16.7 Å². The van der Waals surface area contributed by atoms with Gasteiger partial charge in [-0.1, -0.05) is 0 Å². The summed E-state index contributed by atoms with van der Waals surface area (Å²) in [5.41, 5.74) is 9.65. The van der Waals surface area contributed by atoms with E-state index in [9.17, 15) is 21.6 Å². The van der Waals surface area contributed by atoms with Crippen LogP contribution in [-0.4, -0.2) is 19.8 Å². The first-order chi connectivity index (χ1) is 7.50. The van der Waals surface area contributed by atoms with Crippen LogP contribution in [0, 0.1) is 0 Å². The fourth-order valence-corrected chi connectivity index (χ4v) is 1.84. The van der Waals surface area contributed by atoms with Crippen molar-refractivity contribution in [3.05, 3.63) is 6.07 Å². The van der Waals surface area contributed by atoms with E-state index in [1.165, 1.54) is 0 Å². The Balaban J connectivity index is 3.47. The minimum Gasteiger partial charge on any atom is -0.400 e. The van der Waals surface area contributed by atoms with Crippen LogP contribution in [0.25, 0.3) is 0 Å². The molecule has 17 heavy (non-hydrogen) atoms. The van der Waals surface area contributed by atoms with E-state index >= 15 is 0 Å². The molecule has 0 radical (unpaired) electrons. The van der Waals surface area contributed by atoms with Crippen molar-refractivity contribution in [2.24, 2.45) is 0 Å². The third-order valence-electron chi connectivity index (χ3n) is 1.44. The Hall–Kier alpha value is -1.42. The van der Waals surface area contributed by atoms with Crippen molar-refractivity contribution in [3.63, 3.8) is 0 Å². The van der Waals surface area contributed by atoms with Gasteiger partial charge in [0.15, 0.2) is 5.75 Å². The normalized spacial score (nSPS) is 12.5.